The third-order valence-electron chi connectivity index (χ3n) is 4.50. The molecule has 0 unspecified atom stereocenters. The number of ether oxygens (including phenoxy) is 1. The van der Waals surface area contributed by atoms with Gasteiger partial charge < -0.3 is 10.1 Å². The number of nitrogens with zero attached hydrogens (tertiary/aromatic N) is 1. The summed E-state index contributed by atoms with van der Waals surface area (Å²) in [5, 5.41) is 2.53. The molecule has 0 atom stereocenters. The molecule has 0 saturated carbocycles. The van der Waals surface area contributed by atoms with Crippen molar-refractivity contribution in [2.75, 3.05) is 37.5 Å². The molecule has 29 heavy (non-hydrogen) atoms. The van der Waals surface area contributed by atoms with Crippen LogP contribution in [0.4, 0.5) is 10.5 Å². The minimum atomic E-state index is -3.33. The van der Waals surface area contributed by atoms with E-state index in [9.17, 15) is 18.0 Å². The predicted octanol–water partition coefficient (Wildman–Crippen LogP) is 2.62. The molecule has 1 heterocycles. The van der Waals surface area contributed by atoms with Gasteiger partial charge in [-0.15, -0.1) is 0 Å². The lowest BCUT2D eigenvalue weighted by molar-refractivity contribution is -0.115. The first-order valence-corrected chi connectivity index (χ1v) is 11.8. The molecule has 1 saturated heterocycles. The summed E-state index contributed by atoms with van der Waals surface area (Å²) >= 11 is 0. The summed E-state index contributed by atoms with van der Waals surface area (Å²) in [6, 6.07) is 7.17. The Morgan fingerprint density at radius 3 is 2.34 bits per heavy atom. The fraction of sp³-hybridized carbons (Fsp3) is 0.600. The standard InChI is InChI=1S/C20H30N2O6S/c1-29(25,26)28-14-7-3-6-13-27-12-5-2-4-9-17-10-8-11-18(15-17)22-19(23)16-21-20(22)24/h8,10-11,15H,2-7,9,12-14,16H2,1H3,(H,21,24). The Balaban J connectivity index is 1.51. The third-order valence-corrected chi connectivity index (χ3v) is 5.09. The van der Waals surface area contributed by atoms with Crippen LogP contribution >= 0.6 is 0 Å². The van der Waals surface area contributed by atoms with Gasteiger partial charge >= 0.3 is 6.03 Å². The Bertz CT molecular complexity index is 765. The Morgan fingerprint density at radius 2 is 1.69 bits per heavy atom. The maximum absolute atomic E-state index is 11.8. The van der Waals surface area contributed by atoms with Crippen LogP contribution in [-0.4, -0.2) is 53.0 Å². The van der Waals surface area contributed by atoms with Gasteiger partial charge in [0, 0.05) is 13.2 Å². The normalized spacial score (nSPS) is 14.4. The Morgan fingerprint density at radius 1 is 1.00 bits per heavy atom. The molecule has 8 nitrogen and oxygen atoms in total. The monoisotopic (exact) mass is 426 g/mol. The number of hydrogen-bond donors (Lipinski definition) is 1. The predicted molar refractivity (Wildman–Crippen MR) is 110 cm³/mol. The molecule has 9 heteroatoms. The van der Waals surface area contributed by atoms with E-state index in [-0.39, 0.29) is 25.1 Å². The van der Waals surface area contributed by atoms with Crippen LogP contribution in [0.1, 0.15) is 44.1 Å². The maximum atomic E-state index is 11.8. The van der Waals surface area contributed by atoms with Crippen LogP contribution in [-0.2, 0) is 30.3 Å². The van der Waals surface area contributed by atoms with Crippen molar-refractivity contribution in [2.45, 2.75) is 44.9 Å². The van der Waals surface area contributed by atoms with Crippen LogP contribution in [0.5, 0.6) is 0 Å². The topological polar surface area (TPSA) is 102 Å². The van der Waals surface area contributed by atoms with Gasteiger partial charge in [-0.2, -0.15) is 8.42 Å². The number of amides is 3. The molecule has 0 aromatic heterocycles. The molecule has 1 fully saturated rings. The third kappa shape index (κ3) is 8.93. The average Bonchev–Trinajstić information content (AvgIpc) is 3.00. The van der Waals surface area contributed by atoms with Gasteiger partial charge in [0.05, 0.1) is 25.1 Å². The van der Waals surface area contributed by atoms with Crippen LogP contribution in [0.2, 0.25) is 0 Å². The van der Waals surface area contributed by atoms with Crippen molar-refractivity contribution in [3.8, 4) is 0 Å². The molecular formula is C20H30N2O6S. The number of unbranched alkanes of at least 4 members (excludes halogenated alkanes) is 4. The molecule has 1 aliphatic rings. The van der Waals surface area contributed by atoms with Crippen LogP contribution in [0.25, 0.3) is 0 Å². The van der Waals surface area contributed by atoms with Crippen LogP contribution in [0, 0.1) is 0 Å². The highest BCUT2D eigenvalue weighted by Gasteiger charge is 2.29. The van der Waals surface area contributed by atoms with Gasteiger partial charge in [-0.3, -0.25) is 8.98 Å². The summed E-state index contributed by atoms with van der Waals surface area (Å²) < 4.78 is 31.9. The lowest BCUT2D eigenvalue weighted by Crippen LogP contribution is -2.30. The van der Waals surface area contributed by atoms with E-state index in [1.54, 1.807) is 6.07 Å². The largest absolute Gasteiger partial charge is 0.381 e. The zero-order chi connectivity index (χ0) is 21.1. The van der Waals surface area contributed by atoms with Gasteiger partial charge in [-0.25, -0.2) is 9.69 Å². The number of hydrogen-bond acceptors (Lipinski definition) is 6. The van der Waals surface area contributed by atoms with E-state index in [2.05, 4.69) is 9.50 Å². The van der Waals surface area contributed by atoms with Gasteiger partial charge in [-0.1, -0.05) is 18.6 Å². The zero-order valence-electron chi connectivity index (χ0n) is 16.9. The van der Waals surface area contributed by atoms with Gasteiger partial charge in [0.25, 0.3) is 16.0 Å². The molecule has 0 aliphatic carbocycles. The van der Waals surface area contributed by atoms with E-state index in [0.29, 0.717) is 25.3 Å². The molecule has 1 N–H and O–H groups in total. The number of aryl methyl sites for hydroxylation is 1. The smallest absolute Gasteiger partial charge is 0.329 e. The molecule has 1 aliphatic heterocycles. The number of carbonyl (C=O) groups excluding carboxylic acids is 2. The van der Waals surface area contributed by atoms with Gasteiger partial charge in [0.2, 0.25) is 0 Å². The van der Waals surface area contributed by atoms with Gasteiger partial charge in [0.15, 0.2) is 0 Å². The molecule has 3 amide bonds. The van der Waals surface area contributed by atoms with E-state index in [0.717, 1.165) is 50.3 Å². The van der Waals surface area contributed by atoms with Crippen molar-refractivity contribution in [3.63, 3.8) is 0 Å². The van der Waals surface area contributed by atoms with Crippen molar-refractivity contribution in [1.82, 2.24) is 5.32 Å². The van der Waals surface area contributed by atoms with E-state index >= 15 is 0 Å². The summed E-state index contributed by atoms with van der Waals surface area (Å²) in [6.45, 7) is 1.67. The number of carbonyl (C=O) groups is 2. The summed E-state index contributed by atoms with van der Waals surface area (Å²) in [5.74, 6) is -0.229. The number of rotatable bonds is 14. The van der Waals surface area contributed by atoms with Crippen molar-refractivity contribution in [1.29, 1.82) is 0 Å². The summed E-state index contributed by atoms with van der Waals surface area (Å²) in [5.41, 5.74) is 1.72. The van der Waals surface area contributed by atoms with Crippen molar-refractivity contribution in [2.24, 2.45) is 0 Å². The lowest BCUT2D eigenvalue weighted by atomic mass is 10.1. The Labute approximate surface area is 172 Å². The fourth-order valence-corrected chi connectivity index (χ4v) is 3.46. The second kappa shape index (κ2) is 11.9. The van der Waals surface area contributed by atoms with Crippen molar-refractivity contribution in [3.05, 3.63) is 29.8 Å². The van der Waals surface area contributed by atoms with E-state index in [1.807, 2.05) is 18.2 Å². The second-order valence-electron chi connectivity index (χ2n) is 7.07. The minimum absolute atomic E-state index is 0.0531. The molecule has 2 rings (SSSR count). The SMILES string of the molecule is CS(=O)(=O)OCCCCCOCCCCCc1cccc(N2C(=O)CNC2=O)c1. The summed E-state index contributed by atoms with van der Waals surface area (Å²) in [4.78, 5) is 24.7. The molecule has 0 bridgehead atoms. The van der Waals surface area contributed by atoms with Gasteiger partial charge in [-0.05, 0) is 56.2 Å². The average molecular weight is 427 g/mol. The van der Waals surface area contributed by atoms with E-state index in [4.69, 9.17) is 4.74 Å². The first kappa shape index (κ1) is 23.3. The van der Waals surface area contributed by atoms with Crippen molar-refractivity contribution >= 4 is 27.7 Å². The zero-order valence-corrected chi connectivity index (χ0v) is 17.7. The van der Waals surface area contributed by atoms with Crippen LogP contribution in [0.15, 0.2) is 24.3 Å². The molecule has 0 spiro atoms. The Kier molecular flexibility index (Phi) is 9.56. The minimum Gasteiger partial charge on any atom is -0.381 e. The molecule has 1 aromatic rings. The highest BCUT2D eigenvalue weighted by Crippen LogP contribution is 2.20. The maximum Gasteiger partial charge on any atom is 0.329 e. The fourth-order valence-electron chi connectivity index (χ4n) is 3.04. The number of nitrogens with one attached hydrogen (secondary N) is 1. The number of benzene rings is 1. The quantitative estimate of drug-likeness (QED) is 0.279. The van der Waals surface area contributed by atoms with Crippen LogP contribution in [0.3, 0.4) is 0 Å². The van der Waals surface area contributed by atoms with Crippen molar-refractivity contribution < 1.29 is 26.9 Å². The van der Waals surface area contributed by atoms with E-state index in [1.165, 1.54) is 4.90 Å². The Hall–Kier alpha value is -1.97. The highest BCUT2D eigenvalue weighted by atomic mass is 32.2. The first-order valence-electron chi connectivity index (χ1n) is 9.99. The number of anilines is 1. The molecule has 0 radical (unpaired) electrons. The first-order chi connectivity index (χ1) is 13.9. The van der Waals surface area contributed by atoms with Crippen LogP contribution < -0.4 is 10.2 Å². The molecular weight excluding hydrogens is 396 g/mol. The van der Waals surface area contributed by atoms with Gasteiger partial charge in [0.1, 0.15) is 0 Å². The summed E-state index contributed by atoms with van der Waals surface area (Å²) in [7, 11) is -3.33. The number of imide groups is 1. The number of urea groups is 1. The molecule has 162 valence electrons. The molecule has 1 aromatic carbocycles. The van der Waals surface area contributed by atoms with E-state index < -0.39 is 10.1 Å². The lowest BCUT2D eigenvalue weighted by Gasteiger charge is -2.13. The highest BCUT2D eigenvalue weighted by molar-refractivity contribution is 7.85. The summed E-state index contributed by atoms with van der Waals surface area (Å²) in [6.07, 6.45) is 7.44. The second-order valence-corrected chi connectivity index (χ2v) is 8.71.